The summed E-state index contributed by atoms with van der Waals surface area (Å²) in [6.45, 7) is 3.71. The van der Waals surface area contributed by atoms with Crippen molar-refractivity contribution in [1.29, 1.82) is 0 Å². The first-order valence-electron chi connectivity index (χ1n) is 8.62. The molecule has 1 aromatic carbocycles. The van der Waals surface area contributed by atoms with Crippen molar-refractivity contribution in [2.45, 2.75) is 26.3 Å². The number of carbonyl (C=O) groups excluding carboxylic acids is 3. The quantitative estimate of drug-likeness (QED) is 0.782. The summed E-state index contributed by atoms with van der Waals surface area (Å²) in [6.07, 6.45) is 0.853. The molecule has 2 atom stereocenters. The number of hydrogen-bond acceptors (Lipinski definition) is 4. The second kappa shape index (κ2) is 7.55. The molecule has 0 radical (unpaired) electrons. The van der Waals surface area contributed by atoms with E-state index in [0.29, 0.717) is 32.2 Å². The Kier molecular flexibility index (Phi) is 5.21. The van der Waals surface area contributed by atoms with Crippen LogP contribution in [0.5, 0.6) is 0 Å². The van der Waals surface area contributed by atoms with Crippen LogP contribution in [0.15, 0.2) is 24.3 Å². The van der Waals surface area contributed by atoms with Gasteiger partial charge < -0.3 is 15.4 Å². The second-order valence-corrected chi connectivity index (χ2v) is 6.57. The normalized spacial score (nSPS) is 21.6. The largest absolute Gasteiger partial charge is 0.447 e. The van der Waals surface area contributed by atoms with Gasteiger partial charge in [0.2, 0.25) is 11.8 Å². The van der Waals surface area contributed by atoms with E-state index in [2.05, 4.69) is 10.6 Å². The minimum absolute atomic E-state index is 0.0468. The van der Waals surface area contributed by atoms with Gasteiger partial charge in [-0.05, 0) is 30.0 Å². The van der Waals surface area contributed by atoms with Gasteiger partial charge in [0, 0.05) is 31.1 Å². The average molecular weight is 345 g/mol. The number of cyclic esters (lactones) is 1. The second-order valence-electron chi connectivity index (χ2n) is 6.57. The van der Waals surface area contributed by atoms with Crippen LogP contribution in [-0.4, -0.2) is 37.6 Å². The van der Waals surface area contributed by atoms with Gasteiger partial charge in [-0.2, -0.15) is 0 Å². The number of nitrogens with one attached hydrogen (secondary N) is 2. The van der Waals surface area contributed by atoms with Gasteiger partial charge in [0.15, 0.2) is 0 Å². The molecule has 0 aromatic heterocycles. The number of hydrogen-bond donors (Lipinski definition) is 2. The zero-order valence-corrected chi connectivity index (χ0v) is 14.3. The summed E-state index contributed by atoms with van der Waals surface area (Å²) in [6, 6.07) is 7.44. The summed E-state index contributed by atoms with van der Waals surface area (Å²) in [5.74, 6) is 0.526. The van der Waals surface area contributed by atoms with Crippen molar-refractivity contribution in [2.24, 2.45) is 11.8 Å². The third-order valence-corrected chi connectivity index (χ3v) is 4.57. The van der Waals surface area contributed by atoms with E-state index in [-0.39, 0.29) is 30.2 Å². The van der Waals surface area contributed by atoms with Crippen molar-refractivity contribution in [1.82, 2.24) is 10.6 Å². The molecule has 25 heavy (non-hydrogen) atoms. The third kappa shape index (κ3) is 4.49. The first-order valence-corrected chi connectivity index (χ1v) is 8.62. The van der Waals surface area contributed by atoms with Crippen LogP contribution in [0.4, 0.5) is 10.5 Å². The summed E-state index contributed by atoms with van der Waals surface area (Å²) in [5, 5.41) is 5.63. The number of amides is 3. The zero-order chi connectivity index (χ0) is 17.8. The Hall–Kier alpha value is -2.57. The highest BCUT2D eigenvalue weighted by molar-refractivity contribution is 5.89. The molecule has 3 rings (SSSR count). The molecule has 1 aliphatic heterocycles. The van der Waals surface area contributed by atoms with Crippen molar-refractivity contribution in [2.75, 3.05) is 24.6 Å². The van der Waals surface area contributed by atoms with Crippen LogP contribution in [0.1, 0.15) is 25.3 Å². The van der Waals surface area contributed by atoms with E-state index in [1.54, 1.807) is 4.90 Å². The van der Waals surface area contributed by atoms with E-state index in [1.807, 2.05) is 31.2 Å². The van der Waals surface area contributed by atoms with E-state index < -0.39 is 0 Å². The number of nitrogens with zero attached hydrogens (tertiary/aromatic N) is 1. The van der Waals surface area contributed by atoms with Gasteiger partial charge in [0.25, 0.3) is 0 Å². The monoisotopic (exact) mass is 345 g/mol. The average Bonchev–Trinajstić information content (AvgIpc) is 3.18. The summed E-state index contributed by atoms with van der Waals surface area (Å²) in [7, 11) is 0. The Balaban J connectivity index is 1.41. The maximum absolute atomic E-state index is 11.9. The zero-order valence-electron chi connectivity index (χ0n) is 14.3. The van der Waals surface area contributed by atoms with Crippen LogP contribution in [0.2, 0.25) is 0 Å². The molecule has 2 fully saturated rings. The molecule has 0 spiro atoms. The molecular weight excluding hydrogens is 322 g/mol. The van der Waals surface area contributed by atoms with Gasteiger partial charge in [0.05, 0.1) is 6.54 Å². The van der Waals surface area contributed by atoms with Crippen LogP contribution in [0, 0.1) is 11.8 Å². The summed E-state index contributed by atoms with van der Waals surface area (Å²) < 4.78 is 4.93. The molecular formula is C18H23N3O4. The lowest BCUT2D eigenvalue weighted by Crippen LogP contribution is -2.31. The highest BCUT2D eigenvalue weighted by atomic mass is 16.6. The van der Waals surface area contributed by atoms with Crippen molar-refractivity contribution in [3.63, 3.8) is 0 Å². The van der Waals surface area contributed by atoms with Crippen LogP contribution >= 0.6 is 0 Å². The summed E-state index contributed by atoms with van der Waals surface area (Å²) in [5.41, 5.74) is 1.67. The molecule has 3 amide bonds. The molecule has 0 unspecified atom stereocenters. The minimum atomic E-state index is -0.345. The van der Waals surface area contributed by atoms with Gasteiger partial charge >= 0.3 is 6.09 Å². The van der Waals surface area contributed by atoms with Crippen LogP contribution < -0.4 is 15.5 Å². The van der Waals surface area contributed by atoms with Crippen molar-refractivity contribution < 1.29 is 19.1 Å². The fourth-order valence-electron chi connectivity index (χ4n) is 2.87. The third-order valence-electron chi connectivity index (χ3n) is 4.57. The lowest BCUT2D eigenvalue weighted by molar-refractivity contribution is -0.123. The lowest BCUT2D eigenvalue weighted by Gasteiger charge is -2.14. The lowest BCUT2D eigenvalue weighted by atomic mass is 10.2. The SMILES string of the molecule is C[C@@H]1C[C@@H]1C(=O)NCCC(=O)NCc1cccc(N2CCOC2=O)c1. The summed E-state index contributed by atoms with van der Waals surface area (Å²) in [4.78, 5) is 36.7. The van der Waals surface area contributed by atoms with Crippen molar-refractivity contribution in [3.05, 3.63) is 29.8 Å². The molecule has 1 aliphatic carbocycles. The Morgan fingerprint density at radius 2 is 2.12 bits per heavy atom. The van der Waals surface area contributed by atoms with Gasteiger partial charge in [-0.15, -0.1) is 0 Å². The topological polar surface area (TPSA) is 87.7 Å². The van der Waals surface area contributed by atoms with Gasteiger partial charge in [-0.3, -0.25) is 14.5 Å². The van der Waals surface area contributed by atoms with E-state index >= 15 is 0 Å². The number of benzene rings is 1. The smallest absolute Gasteiger partial charge is 0.414 e. The standard InChI is InChI=1S/C18H23N3O4/c1-12-9-15(12)17(23)19-6-5-16(22)20-11-13-3-2-4-14(10-13)21-7-8-25-18(21)24/h2-4,10,12,15H,5-9,11H2,1H3,(H,19,23)(H,20,22)/t12-,15+/m1/s1. The first-order chi connectivity index (χ1) is 12.0. The van der Waals surface area contributed by atoms with E-state index in [0.717, 1.165) is 17.7 Å². The van der Waals surface area contributed by atoms with Crippen molar-refractivity contribution in [3.8, 4) is 0 Å². The van der Waals surface area contributed by atoms with Crippen LogP contribution in [-0.2, 0) is 20.9 Å². The number of carbonyl (C=O) groups is 3. The molecule has 7 heteroatoms. The first kappa shape index (κ1) is 17.3. The molecule has 7 nitrogen and oxygen atoms in total. The minimum Gasteiger partial charge on any atom is -0.447 e. The number of anilines is 1. The molecule has 1 heterocycles. The van der Waals surface area contributed by atoms with E-state index in [4.69, 9.17) is 4.74 Å². The van der Waals surface area contributed by atoms with E-state index in [9.17, 15) is 14.4 Å². The Bertz CT molecular complexity index is 676. The summed E-state index contributed by atoms with van der Waals surface area (Å²) >= 11 is 0. The van der Waals surface area contributed by atoms with Crippen LogP contribution in [0.25, 0.3) is 0 Å². The molecule has 134 valence electrons. The highest BCUT2D eigenvalue weighted by Gasteiger charge is 2.38. The molecule has 1 saturated carbocycles. The molecule has 1 saturated heterocycles. The fourth-order valence-corrected chi connectivity index (χ4v) is 2.87. The predicted molar refractivity (Wildman–Crippen MR) is 91.9 cm³/mol. The molecule has 2 aliphatic rings. The fraction of sp³-hybridized carbons (Fsp3) is 0.500. The predicted octanol–water partition coefficient (Wildman–Crippen LogP) is 1.42. The Morgan fingerprint density at radius 1 is 1.32 bits per heavy atom. The highest BCUT2D eigenvalue weighted by Crippen LogP contribution is 2.37. The maximum Gasteiger partial charge on any atom is 0.414 e. The molecule has 0 bridgehead atoms. The number of rotatable bonds is 7. The van der Waals surface area contributed by atoms with Crippen LogP contribution in [0.3, 0.4) is 0 Å². The van der Waals surface area contributed by atoms with E-state index in [1.165, 1.54) is 0 Å². The van der Waals surface area contributed by atoms with Gasteiger partial charge in [0.1, 0.15) is 6.61 Å². The maximum atomic E-state index is 11.9. The van der Waals surface area contributed by atoms with Gasteiger partial charge in [-0.25, -0.2) is 4.79 Å². The Labute approximate surface area is 146 Å². The van der Waals surface area contributed by atoms with Gasteiger partial charge in [-0.1, -0.05) is 19.1 Å². The molecule has 2 N–H and O–H groups in total. The number of ether oxygens (including phenoxy) is 1. The molecule has 1 aromatic rings. The Morgan fingerprint density at radius 3 is 2.80 bits per heavy atom. The van der Waals surface area contributed by atoms with Crippen molar-refractivity contribution >= 4 is 23.6 Å².